The molecule has 4 rings (SSSR count). The lowest BCUT2D eigenvalue weighted by molar-refractivity contribution is 0.496. The van der Waals surface area contributed by atoms with Gasteiger partial charge in [0, 0.05) is 5.39 Å². The van der Waals surface area contributed by atoms with Gasteiger partial charge in [-0.1, -0.05) is 42.5 Å². The quantitative estimate of drug-likeness (QED) is 0.653. The van der Waals surface area contributed by atoms with Gasteiger partial charge in [0.1, 0.15) is 17.2 Å². The summed E-state index contributed by atoms with van der Waals surface area (Å²) < 4.78 is 5.97. The number of benzene rings is 2. The minimum atomic E-state index is 0.842. The van der Waals surface area contributed by atoms with E-state index in [4.69, 9.17) is 4.74 Å². The van der Waals surface area contributed by atoms with E-state index in [1.165, 1.54) is 5.56 Å². The molecule has 0 amide bonds. The molecule has 0 spiro atoms. The van der Waals surface area contributed by atoms with Crippen LogP contribution in [0.3, 0.4) is 0 Å². The molecule has 0 N–H and O–H groups in total. The van der Waals surface area contributed by atoms with Crippen LogP contribution in [0, 0.1) is 0 Å². The highest BCUT2D eigenvalue weighted by molar-refractivity contribution is 5.80. The third-order valence-corrected chi connectivity index (χ3v) is 3.55. The Labute approximate surface area is 117 Å². The van der Waals surface area contributed by atoms with Gasteiger partial charge < -0.3 is 4.74 Å². The second-order valence-corrected chi connectivity index (χ2v) is 4.87. The first-order valence-corrected chi connectivity index (χ1v) is 6.72. The maximum absolute atomic E-state index is 5.97. The van der Waals surface area contributed by atoms with Crippen molar-refractivity contribution in [3.8, 4) is 5.75 Å². The molecule has 0 fully saturated rings. The van der Waals surface area contributed by atoms with Crippen LogP contribution in [0.1, 0.15) is 11.3 Å². The molecule has 1 aliphatic heterocycles. The molecule has 0 aliphatic carbocycles. The Kier molecular flexibility index (Phi) is 2.52. The second kappa shape index (κ2) is 4.49. The Bertz CT molecular complexity index is 820. The summed E-state index contributed by atoms with van der Waals surface area (Å²) in [4.78, 5) is 4.68. The topological polar surface area (TPSA) is 22.1 Å². The lowest BCUT2D eigenvalue weighted by atomic mass is 10.1. The van der Waals surface area contributed by atoms with Gasteiger partial charge in [-0.2, -0.15) is 0 Å². The summed E-state index contributed by atoms with van der Waals surface area (Å²) in [5.41, 5.74) is 3.10. The van der Waals surface area contributed by atoms with E-state index >= 15 is 0 Å². The van der Waals surface area contributed by atoms with E-state index in [1.54, 1.807) is 0 Å². The SMILES string of the molecule is C1=C(c2ccc3ccccc3n2)Oc2ccccc2C1. The van der Waals surface area contributed by atoms with Crippen molar-refractivity contribution in [2.45, 2.75) is 6.42 Å². The molecule has 0 atom stereocenters. The van der Waals surface area contributed by atoms with Crippen molar-refractivity contribution in [3.05, 3.63) is 78.0 Å². The van der Waals surface area contributed by atoms with Crippen molar-refractivity contribution >= 4 is 16.7 Å². The lowest BCUT2D eigenvalue weighted by Gasteiger charge is -2.17. The Morgan fingerprint density at radius 1 is 0.850 bits per heavy atom. The van der Waals surface area contributed by atoms with E-state index in [2.05, 4.69) is 29.3 Å². The minimum absolute atomic E-state index is 0.842. The number of fused-ring (bicyclic) bond motifs is 2. The molecule has 0 saturated carbocycles. The van der Waals surface area contributed by atoms with Crippen LogP contribution < -0.4 is 4.74 Å². The minimum Gasteiger partial charge on any atom is -0.455 e. The molecule has 0 radical (unpaired) electrons. The van der Waals surface area contributed by atoms with Gasteiger partial charge in [-0.15, -0.1) is 0 Å². The number of rotatable bonds is 1. The molecule has 0 unspecified atom stereocenters. The largest absolute Gasteiger partial charge is 0.455 e. The van der Waals surface area contributed by atoms with E-state index in [1.807, 2.05) is 42.5 Å². The maximum atomic E-state index is 5.97. The van der Waals surface area contributed by atoms with Crippen molar-refractivity contribution in [2.75, 3.05) is 0 Å². The number of aromatic nitrogens is 1. The average molecular weight is 259 g/mol. The Hall–Kier alpha value is -2.61. The van der Waals surface area contributed by atoms with Crippen LogP contribution in [-0.2, 0) is 6.42 Å². The van der Waals surface area contributed by atoms with Crippen LogP contribution in [-0.4, -0.2) is 4.98 Å². The van der Waals surface area contributed by atoms with Gasteiger partial charge in [-0.05, 0) is 36.3 Å². The van der Waals surface area contributed by atoms with E-state index < -0.39 is 0 Å². The van der Waals surface area contributed by atoms with Gasteiger partial charge in [0.25, 0.3) is 0 Å². The highest BCUT2D eigenvalue weighted by Crippen LogP contribution is 2.30. The molecule has 0 saturated heterocycles. The predicted molar refractivity (Wildman–Crippen MR) is 80.5 cm³/mol. The van der Waals surface area contributed by atoms with E-state index in [-0.39, 0.29) is 0 Å². The van der Waals surface area contributed by atoms with Crippen LogP contribution >= 0.6 is 0 Å². The molecule has 3 aromatic rings. The summed E-state index contributed by atoms with van der Waals surface area (Å²) in [6, 6.07) is 20.4. The first-order chi connectivity index (χ1) is 9.90. The zero-order valence-corrected chi connectivity index (χ0v) is 10.9. The molecule has 2 aromatic carbocycles. The van der Waals surface area contributed by atoms with Crippen molar-refractivity contribution in [3.63, 3.8) is 0 Å². The summed E-state index contributed by atoms with van der Waals surface area (Å²) in [6.07, 6.45) is 2.99. The molecular weight excluding hydrogens is 246 g/mol. The first-order valence-electron chi connectivity index (χ1n) is 6.72. The van der Waals surface area contributed by atoms with Crippen LogP contribution in [0.4, 0.5) is 0 Å². The summed E-state index contributed by atoms with van der Waals surface area (Å²) in [5, 5.41) is 1.15. The van der Waals surface area contributed by atoms with Gasteiger partial charge in [0.2, 0.25) is 0 Å². The molecule has 2 nitrogen and oxygen atoms in total. The first kappa shape index (κ1) is 11.2. The number of pyridine rings is 1. The van der Waals surface area contributed by atoms with Crippen molar-refractivity contribution < 1.29 is 4.74 Å². The van der Waals surface area contributed by atoms with Gasteiger partial charge in [0.05, 0.1) is 5.52 Å². The van der Waals surface area contributed by atoms with Crippen molar-refractivity contribution in [2.24, 2.45) is 0 Å². The monoisotopic (exact) mass is 259 g/mol. The Morgan fingerprint density at radius 3 is 2.70 bits per heavy atom. The summed E-state index contributed by atoms with van der Waals surface area (Å²) in [5.74, 6) is 1.77. The molecule has 20 heavy (non-hydrogen) atoms. The molecular formula is C18H13NO. The number of hydrogen-bond donors (Lipinski definition) is 0. The van der Waals surface area contributed by atoms with Gasteiger partial charge >= 0.3 is 0 Å². The van der Waals surface area contributed by atoms with Crippen LogP contribution in [0.15, 0.2) is 66.7 Å². The van der Waals surface area contributed by atoms with E-state index in [0.29, 0.717) is 0 Å². The standard InChI is InChI=1S/C18H13NO/c1-3-7-15-13(5-1)9-11-16(19-15)18-12-10-14-6-2-4-8-17(14)20-18/h1-9,11-12H,10H2. The third kappa shape index (κ3) is 1.86. The molecule has 2 heteroatoms. The van der Waals surface area contributed by atoms with Gasteiger partial charge in [-0.25, -0.2) is 4.98 Å². The fourth-order valence-electron chi connectivity index (χ4n) is 2.49. The number of para-hydroxylation sites is 2. The van der Waals surface area contributed by atoms with Gasteiger partial charge in [0.15, 0.2) is 0 Å². The molecule has 96 valence electrons. The van der Waals surface area contributed by atoms with Crippen LogP contribution in [0.25, 0.3) is 16.7 Å². The fourth-order valence-corrected chi connectivity index (χ4v) is 2.49. The third-order valence-electron chi connectivity index (χ3n) is 3.55. The van der Waals surface area contributed by atoms with Gasteiger partial charge in [-0.3, -0.25) is 0 Å². The molecule has 0 bridgehead atoms. The highest BCUT2D eigenvalue weighted by Gasteiger charge is 2.14. The Balaban J connectivity index is 1.75. The highest BCUT2D eigenvalue weighted by atomic mass is 16.5. The maximum Gasteiger partial charge on any atom is 0.149 e. The molecule has 2 heterocycles. The van der Waals surface area contributed by atoms with Crippen LogP contribution in [0.5, 0.6) is 5.75 Å². The Morgan fingerprint density at radius 2 is 1.70 bits per heavy atom. The normalized spacial score (nSPS) is 13.5. The average Bonchev–Trinajstić information content (AvgIpc) is 2.54. The zero-order valence-electron chi connectivity index (χ0n) is 10.9. The fraction of sp³-hybridized carbons (Fsp3) is 0.0556. The van der Waals surface area contributed by atoms with Crippen molar-refractivity contribution in [1.82, 2.24) is 4.98 Å². The number of nitrogens with zero attached hydrogens (tertiary/aromatic N) is 1. The summed E-state index contributed by atoms with van der Waals surface area (Å²) >= 11 is 0. The summed E-state index contributed by atoms with van der Waals surface area (Å²) in [7, 11) is 0. The predicted octanol–water partition coefficient (Wildman–Crippen LogP) is 4.21. The second-order valence-electron chi connectivity index (χ2n) is 4.87. The molecule has 1 aliphatic rings. The van der Waals surface area contributed by atoms with E-state index in [0.717, 1.165) is 34.5 Å². The van der Waals surface area contributed by atoms with Crippen LogP contribution in [0.2, 0.25) is 0 Å². The lowest BCUT2D eigenvalue weighted by Crippen LogP contribution is -2.05. The van der Waals surface area contributed by atoms with Crippen molar-refractivity contribution in [1.29, 1.82) is 0 Å². The summed E-state index contributed by atoms with van der Waals surface area (Å²) in [6.45, 7) is 0. The van der Waals surface area contributed by atoms with E-state index in [9.17, 15) is 0 Å². The number of allylic oxidation sites excluding steroid dienone is 1. The molecule has 1 aromatic heterocycles. The number of hydrogen-bond acceptors (Lipinski definition) is 2. The zero-order chi connectivity index (χ0) is 13.4. The smallest absolute Gasteiger partial charge is 0.149 e. The number of ether oxygens (including phenoxy) is 1.